The average Bonchev–Trinajstić information content (AvgIpc) is 1.85. The number of anilines is 1. The van der Waals surface area contributed by atoms with Gasteiger partial charge < -0.3 is 5.73 Å². The Morgan fingerprint density at radius 2 is 2.09 bits per heavy atom. The Balaban J connectivity index is 3.09. The van der Waals surface area contributed by atoms with Crippen LogP contribution in [-0.4, -0.2) is 4.98 Å². The van der Waals surface area contributed by atoms with Crippen molar-refractivity contribution in [3.05, 3.63) is 23.6 Å². The molecule has 0 saturated heterocycles. The van der Waals surface area contributed by atoms with Crippen LogP contribution >= 0.6 is 0 Å². The molecule has 11 heavy (non-hydrogen) atoms. The number of hydrogen-bond donors (Lipinski definition) is 1. The summed E-state index contributed by atoms with van der Waals surface area (Å²) in [4.78, 5) is 3.51. The summed E-state index contributed by atoms with van der Waals surface area (Å²) < 4.78 is 12.9. The molecule has 1 rings (SSSR count). The van der Waals surface area contributed by atoms with Gasteiger partial charge in [-0.05, 0) is 12.0 Å². The maximum Gasteiger partial charge on any atom is 0.218 e. The molecule has 0 spiro atoms. The largest absolute Gasteiger partial charge is 0.384 e. The zero-order valence-corrected chi connectivity index (χ0v) is 6.63. The summed E-state index contributed by atoms with van der Waals surface area (Å²) in [6.07, 6.45) is 0. The van der Waals surface area contributed by atoms with Crippen molar-refractivity contribution in [2.45, 2.75) is 19.8 Å². The maximum atomic E-state index is 12.9. The summed E-state index contributed by atoms with van der Waals surface area (Å²) in [5.41, 5.74) is 5.89. The topological polar surface area (TPSA) is 38.9 Å². The molecule has 0 aromatic carbocycles. The van der Waals surface area contributed by atoms with Crippen molar-refractivity contribution in [3.63, 3.8) is 0 Å². The van der Waals surface area contributed by atoms with E-state index < -0.39 is 5.95 Å². The molecule has 0 bridgehead atoms. The van der Waals surface area contributed by atoms with Gasteiger partial charge in [-0.2, -0.15) is 4.39 Å². The van der Waals surface area contributed by atoms with Gasteiger partial charge in [-0.15, -0.1) is 0 Å². The number of aromatic nitrogens is 1. The average molecular weight is 154 g/mol. The van der Waals surface area contributed by atoms with Crippen LogP contribution in [0.4, 0.5) is 10.2 Å². The normalized spacial score (nSPS) is 10.5. The molecule has 1 aromatic rings. The van der Waals surface area contributed by atoms with Gasteiger partial charge in [-0.1, -0.05) is 19.9 Å². The fraction of sp³-hybridized carbons (Fsp3) is 0.375. The molecule has 0 aliphatic carbocycles. The van der Waals surface area contributed by atoms with Gasteiger partial charge in [0.15, 0.2) is 0 Å². The van der Waals surface area contributed by atoms with E-state index in [4.69, 9.17) is 5.73 Å². The Bertz CT molecular complexity index is 258. The number of pyridine rings is 1. The molecule has 3 heteroatoms. The second-order valence-electron chi connectivity index (χ2n) is 2.77. The third-order valence-corrected chi connectivity index (χ3v) is 1.52. The lowest BCUT2D eigenvalue weighted by Crippen LogP contribution is -1.99. The van der Waals surface area contributed by atoms with E-state index >= 15 is 0 Å². The molecule has 2 nitrogen and oxygen atoms in total. The summed E-state index contributed by atoms with van der Waals surface area (Å²) in [6, 6.07) is 3.28. The molecule has 0 saturated carbocycles. The summed E-state index contributed by atoms with van der Waals surface area (Å²) in [6.45, 7) is 3.83. The van der Waals surface area contributed by atoms with Crippen LogP contribution in [0.3, 0.4) is 0 Å². The van der Waals surface area contributed by atoms with Crippen molar-refractivity contribution >= 4 is 5.82 Å². The first-order valence-electron chi connectivity index (χ1n) is 3.53. The molecule has 0 aliphatic heterocycles. The van der Waals surface area contributed by atoms with E-state index in [1.807, 2.05) is 13.8 Å². The number of hydrogen-bond acceptors (Lipinski definition) is 2. The molecule has 0 atom stereocenters. The molecule has 1 heterocycles. The third kappa shape index (κ3) is 1.67. The SMILES string of the molecule is CC(C)c1ccc(N)nc1F. The van der Waals surface area contributed by atoms with E-state index in [2.05, 4.69) is 4.98 Å². The highest BCUT2D eigenvalue weighted by Crippen LogP contribution is 2.17. The quantitative estimate of drug-likeness (QED) is 0.628. The summed E-state index contributed by atoms with van der Waals surface area (Å²) in [5.74, 6) is -0.0741. The number of nitrogens with two attached hydrogens (primary N) is 1. The molecule has 1 aromatic heterocycles. The van der Waals surface area contributed by atoms with Crippen molar-refractivity contribution < 1.29 is 4.39 Å². The molecule has 0 radical (unpaired) electrons. The predicted molar refractivity (Wildman–Crippen MR) is 42.7 cm³/mol. The van der Waals surface area contributed by atoms with Crippen LogP contribution in [0.25, 0.3) is 0 Å². The van der Waals surface area contributed by atoms with Crippen LogP contribution in [-0.2, 0) is 0 Å². The molecule has 60 valence electrons. The molecule has 2 N–H and O–H groups in total. The summed E-state index contributed by atoms with van der Waals surface area (Å²) >= 11 is 0. The Morgan fingerprint density at radius 3 is 2.55 bits per heavy atom. The van der Waals surface area contributed by atoms with Gasteiger partial charge in [-0.25, -0.2) is 4.98 Å². The monoisotopic (exact) mass is 154 g/mol. The van der Waals surface area contributed by atoms with E-state index in [9.17, 15) is 4.39 Å². The van der Waals surface area contributed by atoms with Gasteiger partial charge in [0.1, 0.15) is 5.82 Å². The van der Waals surface area contributed by atoms with E-state index in [1.54, 1.807) is 12.1 Å². The molecule has 0 amide bonds. The van der Waals surface area contributed by atoms with E-state index in [-0.39, 0.29) is 11.7 Å². The van der Waals surface area contributed by atoms with Gasteiger partial charge in [0.25, 0.3) is 0 Å². The molecule has 0 unspecified atom stereocenters. The molecular weight excluding hydrogens is 143 g/mol. The Hall–Kier alpha value is -1.12. The first-order valence-corrected chi connectivity index (χ1v) is 3.53. The van der Waals surface area contributed by atoms with Gasteiger partial charge in [0.2, 0.25) is 5.95 Å². The van der Waals surface area contributed by atoms with Gasteiger partial charge >= 0.3 is 0 Å². The van der Waals surface area contributed by atoms with E-state index in [0.29, 0.717) is 5.56 Å². The Kier molecular flexibility index (Phi) is 2.08. The second-order valence-corrected chi connectivity index (χ2v) is 2.77. The maximum absolute atomic E-state index is 12.9. The van der Waals surface area contributed by atoms with Gasteiger partial charge in [0.05, 0.1) is 0 Å². The van der Waals surface area contributed by atoms with E-state index in [0.717, 1.165) is 0 Å². The lowest BCUT2D eigenvalue weighted by molar-refractivity contribution is 0.559. The van der Waals surface area contributed by atoms with E-state index in [1.165, 1.54) is 0 Å². The Labute approximate surface area is 65.3 Å². The smallest absolute Gasteiger partial charge is 0.218 e. The van der Waals surface area contributed by atoms with Crippen LogP contribution in [0, 0.1) is 5.95 Å². The number of nitrogens with zero attached hydrogens (tertiary/aromatic N) is 1. The molecular formula is C8H11FN2. The van der Waals surface area contributed by atoms with Gasteiger partial charge in [0, 0.05) is 5.56 Å². The summed E-state index contributed by atoms with van der Waals surface area (Å²) in [5, 5.41) is 0. The van der Waals surface area contributed by atoms with Crippen molar-refractivity contribution in [3.8, 4) is 0 Å². The predicted octanol–water partition coefficient (Wildman–Crippen LogP) is 1.93. The standard InChI is InChI=1S/C8H11FN2/c1-5(2)6-3-4-7(10)11-8(6)9/h3-5H,1-2H3,(H2,10,11). The third-order valence-electron chi connectivity index (χ3n) is 1.52. The number of halogens is 1. The summed E-state index contributed by atoms with van der Waals surface area (Å²) in [7, 11) is 0. The Morgan fingerprint density at radius 1 is 1.45 bits per heavy atom. The fourth-order valence-corrected chi connectivity index (χ4v) is 0.890. The van der Waals surface area contributed by atoms with Crippen LogP contribution < -0.4 is 5.73 Å². The fourth-order valence-electron chi connectivity index (χ4n) is 0.890. The van der Waals surface area contributed by atoms with Crippen LogP contribution in [0.5, 0.6) is 0 Å². The first-order chi connectivity index (χ1) is 5.11. The van der Waals surface area contributed by atoms with Gasteiger partial charge in [-0.3, -0.25) is 0 Å². The minimum atomic E-state index is -0.458. The van der Waals surface area contributed by atoms with Crippen molar-refractivity contribution in [2.24, 2.45) is 0 Å². The minimum Gasteiger partial charge on any atom is -0.384 e. The lowest BCUT2D eigenvalue weighted by Gasteiger charge is -2.05. The lowest BCUT2D eigenvalue weighted by atomic mass is 10.1. The molecule has 0 aliphatic rings. The number of rotatable bonds is 1. The second kappa shape index (κ2) is 2.86. The highest BCUT2D eigenvalue weighted by molar-refractivity contribution is 5.31. The van der Waals surface area contributed by atoms with Crippen LogP contribution in [0.1, 0.15) is 25.3 Å². The van der Waals surface area contributed by atoms with Crippen molar-refractivity contribution in [2.75, 3.05) is 5.73 Å². The van der Waals surface area contributed by atoms with Crippen molar-refractivity contribution in [1.29, 1.82) is 0 Å². The highest BCUT2D eigenvalue weighted by Gasteiger charge is 2.06. The van der Waals surface area contributed by atoms with Crippen LogP contribution in [0.15, 0.2) is 12.1 Å². The zero-order valence-electron chi connectivity index (χ0n) is 6.63. The number of nitrogen functional groups attached to an aromatic ring is 1. The van der Waals surface area contributed by atoms with Crippen molar-refractivity contribution in [1.82, 2.24) is 4.98 Å². The highest BCUT2D eigenvalue weighted by atomic mass is 19.1. The zero-order chi connectivity index (χ0) is 8.43. The minimum absolute atomic E-state index is 0.156. The first kappa shape index (κ1) is 7.98. The molecule has 0 fully saturated rings. The van der Waals surface area contributed by atoms with Crippen LogP contribution in [0.2, 0.25) is 0 Å².